The first-order valence-corrected chi connectivity index (χ1v) is 13.5. The van der Waals surface area contributed by atoms with Crippen LogP contribution in [0.2, 0.25) is 10.0 Å². The van der Waals surface area contributed by atoms with E-state index >= 15 is 0 Å². The molecule has 0 unspecified atom stereocenters. The summed E-state index contributed by atoms with van der Waals surface area (Å²) in [5, 5.41) is 15.0. The molecular weight excluding hydrogens is 603 g/mol. The van der Waals surface area contributed by atoms with Gasteiger partial charge in [-0.2, -0.15) is 9.61 Å². The lowest BCUT2D eigenvalue weighted by molar-refractivity contribution is -0.114. The lowest BCUT2D eigenvalue weighted by Crippen LogP contribution is -2.22. The molecule has 3 N–H and O–H groups in total. The number of rotatable bonds is 9. The van der Waals surface area contributed by atoms with E-state index in [1.54, 1.807) is 28.9 Å². The van der Waals surface area contributed by atoms with Crippen LogP contribution in [0.3, 0.4) is 0 Å². The van der Waals surface area contributed by atoms with Crippen LogP contribution in [0.5, 0.6) is 5.75 Å². The van der Waals surface area contributed by atoms with E-state index < -0.39 is 0 Å². The average molecular weight is 626 g/mol. The zero-order valence-corrected chi connectivity index (χ0v) is 23.8. The van der Waals surface area contributed by atoms with E-state index in [4.69, 9.17) is 32.9 Å². The minimum Gasteiger partial charge on any atom is -0.495 e. The number of methoxy groups -OCH3 is 1. The van der Waals surface area contributed by atoms with E-state index in [1.165, 1.54) is 7.11 Å². The number of carbonyl (C=O) groups excluding carboxylic acids is 1. The normalized spacial score (nSPS) is 10.9. The first-order chi connectivity index (χ1) is 18.9. The van der Waals surface area contributed by atoms with E-state index in [0.717, 1.165) is 32.8 Å². The molecule has 2 heterocycles. The van der Waals surface area contributed by atoms with E-state index in [-0.39, 0.29) is 12.5 Å². The minimum atomic E-state index is -0.220. The molecule has 8 nitrogen and oxygen atoms in total. The van der Waals surface area contributed by atoms with E-state index in [1.807, 2.05) is 54.6 Å². The molecule has 11 heteroatoms. The number of fused-ring (bicyclic) bond motifs is 1. The molecule has 3 aromatic carbocycles. The summed E-state index contributed by atoms with van der Waals surface area (Å²) in [6.45, 7) is 0.634. The van der Waals surface area contributed by atoms with Crippen LogP contribution in [-0.4, -0.2) is 34.2 Å². The van der Waals surface area contributed by atoms with E-state index in [0.29, 0.717) is 33.7 Å². The highest BCUT2D eigenvalue weighted by molar-refractivity contribution is 9.10. The number of nitrogens with one attached hydrogen (secondary N) is 3. The van der Waals surface area contributed by atoms with Gasteiger partial charge in [0, 0.05) is 33.9 Å². The van der Waals surface area contributed by atoms with Gasteiger partial charge in [-0.1, -0.05) is 53.5 Å². The number of carbonyl (C=O) groups is 1. The van der Waals surface area contributed by atoms with Gasteiger partial charge < -0.3 is 20.7 Å². The van der Waals surface area contributed by atoms with Crippen LogP contribution in [0.15, 0.2) is 83.5 Å². The van der Waals surface area contributed by atoms with Crippen LogP contribution in [0, 0.1) is 0 Å². The molecule has 0 aliphatic carbocycles. The van der Waals surface area contributed by atoms with Gasteiger partial charge in [-0.15, -0.1) is 0 Å². The Morgan fingerprint density at radius 1 is 1.03 bits per heavy atom. The quantitative estimate of drug-likeness (QED) is 0.161. The number of hydrogen-bond donors (Lipinski definition) is 3. The summed E-state index contributed by atoms with van der Waals surface area (Å²) in [5.74, 6) is 1.09. The Hall–Kier alpha value is -3.79. The van der Waals surface area contributed by atoms with Gasteiger partial charge >= 0.3 is 0 Å². The maximum Gasteiger partial charge on any atom is 0.243 e. The Balaban J connectivity index is 1.24. The van der Waals surface area contributed by atoms with Crippen molar-refractivity contribution in [1.29, 1.82) is 0 Å². The van der Waals surface area contributed by atoms with E-state index in [9.17, 15) is 4.79 Å². The van der Waals surface area contributed by atoms with Gasteiger partial charge in [0.15, 0.2) is 5.65 Å². The summed E-state index contributed by atoms with van der Waals surface area (Å²) < 4.78 is 7.80. The first kappa shape index (κ1) is 26.8. The predicted molar refractivity (Wildman–Crippen MR) is 160 cm³/mol. The lowest BCUT2D eigenvalue weighted by atomic mass is 10.1. The molecule has 0 atom stereocenters. The Labute approximate surface area is 243 Å². The van der Waals surface area contributed by atoms with Crippen molar-refractivity contribution in [2.45, 2.75) is 6.54 Å². The van der Waals surface area contributed by atoms with Crippen LogP contribution < -0.4 is 20.7 Å². The Kier molecular flexibility index (Phi) is 8.21. The maximum atomic E-state index is 12.4. The Bertz CT molecular complexity index is 1640. The molecule has 0 aliphatic heterocycles. The highest BCUT2D eigenvalue weighted by Crippen LogP contribution is 2.31. The number of nitrogens with zero attached hydrogens (tertiary/aromatic N) is 3. The Morgan fingerprint density at radius 2 is 1.82 bits per heavy atom. The number of anilines is 3. The topological polar surface area (TPSA) is 92.6 Å². The molecular formula is C28H23BrCl2N6O2. The fourth-order valence-electron chi connectivity index (χ4n) is 3.96. The number of halogens is 3. The molecule has 0 fully saturated rings. The van der Waals surface area contributed by atoms with Crippen molar-refractivity contribution in [2.75, 3.05) is 29.6 Å². The molecule has 0 aliphatic rings. The minimum absolute atomic E-state index is 0.0846. The van der Waals surface area contributed by atoms with Gasteiger partial charge in [-0.3, -0.25) is 4.79 Å². The zero-order valence-electron chi connectivity index (χ0n) is 20.7. The highest BCUT2D eigenvalue weighted by Gasteiger charge is 2.13. The average Bonchev–Trinajstić information content (AvgIpc) is 3.32. The second-order valence-electron chi connectivity index (χ2n) is 8.53. The lowest BCUT2D eigenvalue weighted by Gasteiger charge is -2.13. The third-order valence-electron chi connectivity index (χ3n) is 5.89. The van der Waals surface area contributed by atoms with Gasteiger partial charge in [0.25, 0.3) is 0 Å². The van der Waals surface area contributed by atoms with Crippen molar-refractivity contribution in [3.05, 3.63) is 99.1 Å². The molecule has 39 heavy (non-hydrogen) atoms. The second kappa shape index (κ2) is 11.9. The summed E-state index contributed by atoms with van der Waals surface area (Å²) >= 11 is 16.0. The van der Waals surface area contributed by atoms with Gasteiger partial charge in [-0.05, 0) is 57.9 Å². The summed E-state index contributed by atoms with van der Waals surface area (Å²) in [6.07, 6.45) is 1.71. The number of ether oxygens (including phenoxy) is 1. The summed E-state index contributed by atoms with van der Waals surface area (Å²) in [7, 11) is 1.54. The molecule has 5 rings (SSSR count). The number of aromatic nitrogens is 3. The van der Waals surface area contributed by atoms with Crippen LogP contribution in [0.1, 0.15) is 5.56 Å². The highest BCUT2D eigenvalue weighted by atomic mass is 79.9. The van der Waals surface area contributed by atoms with Crippen molar-refractivity contribution < 1.29 is 9.53 Å². The van der Waals surface area contributed by atoms with Gasteiger partial charge in [-0.25, -0.2) is 4.98 Å². The summed E-state index contributed by atoms with van der Waals surface area (Å²) in [6, 6.07) is 22.4. The second-order valence-corrected chi connectivity index (χ2v) is 10.2. The summed E-state index contributed by atoms with van der Waals surface area (Å²) in [5.41, 5.74) is 4.64. The third-order valence-corrected chi connectivity index (χ3v) is 7.02. The van der Waals surface area contributed by atoms with Crippen LogP contribution in [-0.2, 0) is 11.3 Å². The van der Waals surface area contributed by atoms with E-state index in [2.05, 4.69) is 37.0 Å². The van der Waals surface area contributed by atoms with Gasteiger partial charge in [0.2, 0.25) is 5.91 Å². The van der Waals surface area contributed by atoms with Crippen molar-refractivity contribution in [1.82, 2.24) is 14.6 Å². The monoisotopic (exact) mass is 624 g/mol. The number of hydrogen-bond acceptors (Lipinski definition) is 6. The third kappa shape index (κ3) is 6.27. The van der Waals surface area contributed by atoms with Gasteiger partial charge in [0.1, 0.15) is 11.6 Å². The largest absolute Gasteiger partial charge is 0.495 e. The predicted octanol–water partition coefficient (Wildman–Crippen LogP) is 7.14. The molecule has 5 aromatic rings. The smallest absolute Gasteiger partial charge is 0.243 e. The van der Waals surface area contributed by atoms with Crippen LogP contribution in [0.4, 0.5) is 17.2 Å². The van der Waals surface area contributed by atoms with Crippen molar-refractivity contribution in [3.63, 3.8) is 0 Å². The standard InChI is InChI=1S/C28H23BrCl2N6O2/c1-39-25-11-8-18(30)12-24(25)35-27(38)16-32-19-9-6-17(7-10-19)14-33-26-13-23(20-4-2-3-5-22(20)31)36-28-21(29)15-34-37(26)28/h2-13,15,32-33H,14,16H2,1H3,(H,35,38). The molecule has 1 amide bonds. The van der Waals surface area contributed by atoms with Gasteiger partial charge in [0.05, 0.1) is 35.7 Å². The molecule has 0 bridgehead atoms. The molecule has 0 saturated heterocycles. The molecule has 0 radical (unpaired) electrons. The molecule has 2 aromatic heterocycles. The zero-order chi connectivity index (χ0) is 27.4. The van der Waals surface area contributed by atoms with Crippen molar-refractivity contribution >= 4 is 67.9 Å². The fourth-order valence-corrected chi connectivity index (χ4v) is 4.71. The van der Waals surface area contributed by atoms with Crippen molar-refractivity contribution in [2.24, 2.45) is 0 Å². The number of amides is 1. The maximum absolute atomic E-state index is 12.4. The molecule has 198 valence electrons. The SMILES string of the molecule is COc1ccc(Cl)cc1NC(=O)CNc1ccc(CNc2cc(-c3ccccc3Cl)nc3c(Br)cnn23)cc1. The molecule has 0 saturated carbocycles. The first-order valence-electron chi connectivity index (χ1n) is 11.9. The van der Waals surface area contributed by atoms with Crippen LogP contribution in [0.25, 0.3) is 16.9 Å². The molecule has 0 spiro atoms. The van der Waals surface area contributed by atoms with Crippen LogP contribution >= 0.6 is 39.1 Å². The number of benzene rings is 3. The summed E-state index contributed by atoms with van der Waals surface area (Å²) in [4.78, 5) is 17.2. The Morgan fingerprint density at radius 3 is 2.59 bits per heavy atom. The fraction of sp³-hybridized carbons (Fsp3) is 0.107. The van der Waals surface area contributed by atoms with Crippen molar-refractivity contribution in [3.8, 4) is 17.0 Å².